The Balaban J connectivity index is 2.23. The molecule has 0 aromatic heterocycles. The van der Waals surface area contributed by atoms with E-state index in [4.69, 9.17) is 0 Å². The first-order valence-corrected chi connectivity index (χ1v) is 9.34. The van der Waals surface area contributed by atoms with Crippen LogP contribution in [0.2, 0.25) is 0 Å². The van der Waals surface area contributed by atoms with Gasteiger partial charge in [-0.25, -0.2) is 4.39 Å². The molecule has 0 amide bonds. The van der Waals surface area contributed by atoms with Crippen LogP contribution in [0.25, 0.3) is 22.3 Å². The minimum atomic E-state index is -4.85. The molecule has 30 heavy (non-hydrogen) atoms. The minimum absolute atomic E-state index is 0.00792. The minimum Gasteiger partial charge on any atom is -0.504 e. The summed E-state index contributed by atoms with van der Waals surface area (Å²) in [7, 11) is 0. The van der Waals surface area contributed by atoms with Crippen LogP contribution in [0.15, 0.2) is 48.5 Å². The lowest BCUT2D eigenvalue weighted by molar-refractivity contribution is -0.274. The third kappa shape index (κ3) is 4.25. The van der Waals surface area contributed by atoms with E-state index in [1.165, 1.54) is 12.1 Å². The highest BCUT2D eigenvalue weighted by molar-refractivity contribution is 5.90. The number of hydrogen-bond donors (Lipinski definition) is 1. The Labute approximate surface area is 170 Å². The highest BCUT2D eigenvalue weighted by atomic mass is 19.4. The van der Waals surface area contributed by atoms with Gasteiger partial charge in [0.15, 0.2) is 11.6 Å². The van der Waals surface area contributed by atoms with Gasteiger partial charge in [-0.1, -0.05) is 50.2 Å². The van der Waals surface area contributed by atoms with Crippen molar-refractivity contribution in [1.29, 1.82) is 0 Å². The van der Waals surface area contributed by atoms with Gasteiger partial charge in [-0.3, -0.25) is 0 Å². The van der Waals surface area contributed by atoms with Gasteiger partial charge in [0.05, 0.1) is 0 Å². The van der Waals surface area contributed by atoms with Crippen molar-refractivity contribution < 1.29 is 31.8 Å². The van der Waals surface area contributed by atoms with Gasteiger partial charge in [0.1, 0.15) is 5.75 Å². The SMILES string of the molecule is CCc1ccc(-c2c(CC)c(F)c(F)c(O)c2-c2ccc(OC(F)(F)F)cc2)cc1. The fourth-order valence-electron chi connectivity index (χ4n) is 3.39. The van der Waals surface area contributed by atoms with Crippen molar-refractivity contribution in [2.45, 2.75) is 33.1 Å². The van der Waals surface area contributed by atoms with Gasteiger partial charge in [-0.05, 0) is 52.8 Å². The topological polar surface area (TPSA) is 29.5 Å². The van der Waals surface area contributed by atoms with Crippen molar-refractivity contribution in [3.63, 3.8) is 0 Å². The predicted octanol–water partition coefficient (Wildman–Crippen LogP) is 7.03. The molecule has 0 aliphatic heterocycles. The summed E-state index contributed by atoms with van der Waals surface area (Å²) in [6.45, 7) is 3.63. The molecule has 0 atom stereocenters. The van der Waals surface area contributed by atoms with E-state index in [0.29, 0.717) is 11.1 Å². The Morgan fingerprint density at radius 1 is 0.767 bits per heavy atom. The van der Waals surface area contributed by atoms with Crippen molar-refractivity contribution in [3.05, 3.63) is 71.3 Å². The fraction of sp³-hybridized carbons (Fsp3) is 0.217. The molecular formula is C23H19F5O2. The summed E-state index contributed by atoms with van der Waals surface area (Å²) in [5, 5.41) is 10.4. The van der Waals surface area contributed by atoms with E-state index in [0.717, 1.165) is 24.1 Å². The summed E-state index contributed by atoms with van der Waals surface area (Å²) in [5.74, 6) is -3.90. The predicted molar refractivity (Wildman–Crippen MR) is 104 cm³/mol. The quantitative estimate of drug-likeness (QED) is 0.448. The zero-order valence-electron chi connectivity index (χ0n) is 16.3. The first-order chi connectivity index (χ1) is 14.2. The zero-order valence-corrected chi connectivity index (χ0v) is 16.3. The number of phenolic OH excluding ortho intramolecular Hbond substituents is 1. The summed E-state index contributed by atoms with van der Waals surface area (Å²) in [6, 6.07) is 11.8. The number of hydrogen-bond acceptors (Lipinski definition) is 2. The molecule has 0 unspecified atom stereocenters. The third-order valence-corrected chi connectivity index (χ3v) is 4.84. The maximum atomic E-state index is 14.6. The molecule has 0 saturated heterocycles. The molecular weight excluding hydrogens is 403 g/mol. The van der Waals surface area contributed by atoms with Crippen molar-refractivity contribution >= 4 is 0 Å². The molecule has 0 bridgehead atoms. The van der Waals surface area contributed by atoms with Crippen molar-refractivity contribution in [1.82, 2.24) is 0 Å². The number of aromatic hydroxyl groups is 1. The summed E-state index contributed by atoms with van der Waals surface area (Å²) in [6.07, 6.45) is -3.92. The van der Waals surface area contributed by atoms with E-state index in [9.17, 15) is 27.1 Å². The van der Waals surface area contributed by atoms with Gasteiger partial charge >= 0.3 is 6.36 Å². The Hall–Kier alpha value is -3.09. The molecule has 0 aliphatic rings. The van der Waals surface area contributed by atoms with Gasteiger partial charge in [-0.2, -0.15) is 4.39 Å². The summed E-state index contributed by atoms with van der Waals surface area (Å²) < 4.78 is 70.2. The zero-order chi connectivity index (χ0) is 22.1. The normalized spacial score (nSPS) is 11.6. The molecule has 0 saturated carbocycles. The van der Waals surface area contributed by atoms with E-state index in [1.54, 1.807) is 19.1 Å². The smallest absolute Gasteiger partial charge is 0.504 e. The van der Waals surface area contributed by atoms with Gasteiger partial charge in [0.2, 0.25) is 5.82 Å². The van der Waals surface area contributed by atoms with E-state index in [2.05, 4.69) is 4.74 Å². The molecule has 3 rings (SSSR count). The van der Waals surface area contributed by atoms with Crippen LogP contribution in [0.5, 0.6) is 11.5 Å². The van der Waals surface area contributed by atoms with Crippen LogP contribution >= 0.6 is 0 Å². The molecule has 3 aromatic carbocycles. The Kier molecular flexibility index (Phi) is 6.01. The molecule has 0 spiro atoms. The summed E-state index contributed by atoms with van der Waals surface area (Å²) in [4.78, 5) is 0. The van der Waals surface area contributed by atoms with Crippen molar-refractivity contribution in [2.24, 2.45) is 0 Å². The van der Waals surface area contributed by atoms with E-state index in [-0.39, 0.29) is 23.1 Å². The molecule has 7 heteroatoms. The van der Waals surface area contributed by atoms with Gasteiger partial charge in [0, 0.05) is 5.56 Å². The molecule has 3 aromatic rings. The van der Waals surface area contributed by atoms with Crippen LogP contribution in [0.3, 0.4) is 0 Å². The third-order valence-electron chi connectivity index (χ3n) is 4.84. The van der Waals surface area contributed by atoms with Crippen LogP contribution in [0.4, 0.5) is 22.0 Å². The number of aryl methyl sites for hydroxylation is 1. The number of rotatable bonds is 5. The lowest BCUT2D eigenvalue weighted by Crippen LogP contribution is -2.16. The maximum Gasteiger partial charge on any atom is 0.573 e. The van der Waals surface area contributed by atoms with E-state index in [1.807, 2.05) is 19.1 Å². The van der Waals surface area contributed by atoms with Crippen LogP contribution in [-0.2, 0) is 12.8 Å². The standard InChI is InChI=1S/C23H19F5O2/c1-3-13-5-7-14(8-6-13)18-17(4-2)20(24)21(25)22(29)19(18)15-9-11-16(12-10-15)30-23(26,27)28/h5-12,29H,3-4H2,1-2H3. The number of alkyl halides is 3. The van der Waals surface area contributed by atoms with Crippen LogP contribution < -0.4 is 4.74 Å². The van der Waals surface area contributed by atoms with Crippen LogP contribution in [0.1, 0.15) is 25.0 Å². The second-order valence-electron chi connectivity index (χ2n) is 6.68. The second-order valence-corrected chi connectivity index (χ2v) is 6.68. The van der Waals surface area contributed by atoms with E-state index < -0.39 is 29.5 Å². The lowest BCUT2D eigenvalue weighted by atomic mass is 9.87. The molecule has 0 heterocycles. The Morgan fingerprint density at radius 2 is 1.30 bits per heavy atom. The molecule has 1 N–H and O–H groups in total. The van der Waals surface area contributed by atoms with E-state index >= 15 is 0 Å². The second kappa shape index (κ2) is 8.34. The number of halogens is 5. The molecule has 2 nitrogen and oxygen atoms in total. The summed E-state index contributed by atoms with van der Waals surface area (Å²) >= 11 is 0. The average Bonchev–Trinajstić information content (AvgIpc) is 2.71. The molecule has 0 aliphatic carbocycles. The number of ether oxygens (including phenoxy) is 1. The van der Waals surface area contributed by atoms with Gasteiger partial charge in [-0.15, -0.1) is 13.2 Å². The van der Waals surface area contributed by atoms with Gasteiger partial charge < -0.3 is 9.84 Å². The lowest BCUT2D eigenvalue weighted by Gasteiger charge is -2.19. The molecule has 158 valence electrons. The monoisotopic (exact) mass is 422 g/mol. The van der Waals surface area contributed by atoms with Crippen molar-refractivity contribution in [3.8, 4) is 33.8 Å². The van der Waals surface area contributed by atoms with Crippen LogP contribution in [0, 0.1) is 11.6 Å². The number of benzene rings is 3. The maximum absolute atomic E-state index is 14.6. The number of phenols is 1. The van der Waals surface area contributed by atoms with Gasteiger partial charge in [0.25, 0.3) is 0 Å². The fourth-order valence-corrected chi connectivity index (χ4v) is 3.39. The highest BCUT2D eigenvalue weighted by Crippen LogP contribution is 2.45. The highest BCUT2D eigenvalue weighted by Gasteiger charge is 2.31. The Bertz CT molecular complexity index is 1040. The van der Waals surface area contributed by atoms with Crippen molar-refractivity contribution in [2.75, 3.05) is 0 Å². The first-order valence-electron chi connectivity index (χ1n) is 9.34. The Morgan fingerprint density at radius 3 is 1.80 bits per heavy atom. The van der Waals surface area contributed by atoms with Crippen LogP contribution in [-0.4, -0.2) is 11.5 Å². The largest absolute Gasteiger partial charge is 0.573 e. The first kappa shape index (κ1) is 21.6. The summed E-state index contributed by atoms with van der Waals surface area (Å²) in [5.41, 5.74) is 2.20. The molecule has 0 fully saturated rings. The average molecular weight is 422 g/mol. The molecule has 0 radical (unpaired) electrons.